The zero-order chi connectivity index (χ0) is 13.1. The normalized spacial score (nSPS) is 12.7. The first kappa shape index (κ1) is 13.7. The third-order valence-electron chi connectivity index (χ3n) is 2.65. The summed E-state index contributed by atoms with van der Waals surface area (Å²) >= 11 is 17.8. The van der Waals surface area contributed by atoms with Crippen molar-refractivity contribution in [2.75, 3.05) is 0 Å². The van der Waals surface area contributed by atoms with Crippen LogP contribution in [-0.4, -0.2) is 0 Å². The van der Waals surface area contributed by atoms with Crippen LogP contribution in [0.25, 0.3) is 0 Å². The summed E-state index contributed by atoms with van der Waals surface area (Å²) in [5.74, 6) is 5.54. The van der Waals surface area contributed by atoms with Crippen LogP contribution in [0.15, 0.2) is 34.9 Å². The molecule has 2 aromatic rings. The van der Waals surface area contributed by atoms with Crippen LogP contribution in [0.2, 0.25) is 15.3 Å². The van der Waals surface area contributed by atoms with Crippen LogP contribution in [0.3, 0.4) is 0 Å². The zero-order valence-electron chi connectivity index (χ0n) is 9.29. The number of halogens is 3. The maximum atomic E-state index is 5.97. The molecule has 3 N–H and O–H groups in total. The minimum atomic E-state index is -0.145. The Morgan fingerprint density at radius 1 is 1.17 bits per heavy atom. The molecule has 1 aromatic carbocycles. The number of furan rings is 1. The number of rotatable bonds is 4. The Labute approximate surface area is 120 Å². The molecule has 0 fully saturated rings. The van der Waals surface area contributed by atoms with E-state index in [0.29, 0.717) is 21.7 Å². The summed E-state index contributed by atoms with van der Waals surface area (Å²) in [5, 5.41) is 1.38. The lowest BCUT2D eigenvalue weighted by molar-refractivity contribution is 0.527. The molecule has 1 atom stereocenters. The van der Waals surface area contributed by atoms with Gasteiger partial charge in [-0.3, -0.25) is 11.3 Å². The summed E-state index contributed by atoms with van der Waals surface area (Å²) in [7, 11) is 0. The fraction of sp³-hybridized carbons (Fsp3) is 0.167. The van der Waals surface area contributed by atoms with E-state index >= 15 is 0 Å². The van der Waals surface area contributed by atoms with E-state index in [-0.39, 0.29) is 6.04 Å². The highest BCUT2D eigenvalue weighted by Gasteiger charge is 2.16. The molecule has 0 spiro atoms. The molecule has 0 bridgehead atoms. The van der Waals surface area contributed by atoms with Crippen molar-refractivity contribution in [3.63, 3.8) is 0 Å². The van der Waals surface area contributed by atoms with Gasteiger partial charge in [0.2, 0.25) is 0 Å². The van der Waals surface area contributed by atoms with Crippen molar-refractivity contribution in [2.45, 2.75) is 12.5 Å². The first-order valence-electron chi connectivity index (χ1n) is 5.24. The van der Waals surface area contributed by atoms with Crippen LogP contribution in [0.4, 0.5) is 0 Å². The lowest BCUT2D eigenvalue weighted by Crippen LogP contribution is -2.29. The number of benzene rings is 1. The lowest BCUT2D eigenvalue weighted by atomic mass is 10.0. The van der Waals surface area contributed by atoms with Gasteiger partial charge in [-0.25, -0.2) is 0 Å². The number of nitrogens with one attached hydrogen (secondary N) is 1. The third kappa shape index (κ3) is 2.99. The molecule has 1 unspecified atom stereocenters. The average molecular weight is 306 g/mol. The zero-order valence-corrected chi connectivity index (χ0v) is 11.6. The molecular weight excluding hydrogens is 295 g/mol. The molecule has 0 aliphatic rings. The first-order chi connectivity index (χ1) is 8.61. The van der Waals surface area contributed by atoms with E-state index in [9.17, 15) is 0 Å². The highest BCUT2D eigenvalue weighted by Crippen LogP contribution is 2.28. The van der Waals surface area contributed by atoms with E-state index in [1.807, 2.05) is 12.1 Å². The van der Waals surface area contributed by atoms with Gasteiger partial charge < -0.3 is 4.42 Å². The van der Waals surface area contributed by atoms with Gasteiger partial charge in [0, 0.05) is 5.56 Å². The lowest BCUT2D eigenvalue weighted by Gasteiger charge is -2.15. The minimum Gasteiger partial charge on any atom is -0.453 e. The van der Waals surface area contributed by atoms with Crippen LogP contribution >= 0.6 is 34.8 Å². The molecule has 0 amide bonds. The van der Waals surface area contributed by atoms with Gasteiger partial charge >= 0.3 is 0 Å². The topological polar surface area (TPSA) is 51.2 Å². The maximum Gasteiger partial charge on any atom is 0.197 e. The largest absolute Gasteiger partial charge is 0.453 e. The van der Waals surface area contributed by atoms with E-state index < -0.39 is 0 Å². The molecule has 0 aliphatic carbocycles. The van der Waals surface area contributed by atoms with E-state index in [1.54, 1.807) is 12.1 Å². The Hall–Kier alpha value is -0.710. The van der Waals surface area contributed by atoms with Crippen molar-refractivity contribution >= 4 is 34.8 Å². The minimum absolute atomic E-state index is 0.145. The monoisotopic (exact) mass is 304 g/mol. The molecule has 1 heterocycles. The van der Waals surface area contributed by atoms with Crippen molar-refractivity contribution in [1.82, 2.24) is 5.43 Å². The average Bonchev–Trinajstić information content (AvgIpc) is 2.77. The molecule has 1 aromatic heterocycles. The Morgan fingerprint density at radius 2 is 1.94 bits per heavy atom. The van der Waals surface area contributed by atoms with Crippen molar-refractivity contribution in [3.8, 4) is 0 Å². The van der Waals surface area contributed by atoms with Gasteiger partial charge in [-0.15, -0.1) is 0 Å². The summed E-state index contributed by atoms with van der Waals surface area (Å²) < 4.78 is 5.05. The van der Waals surface area contributed by atoms with Crippen LogP contribution < -0.4 is 11.3 Å². The Morgan fingerprint density at radius 3 is 2.50 bits per heavy atom. The second kappa shape index (κ2) is 5.95. The number of hydrogen-bond donors (Lipinski definition) is 2. The van der Waals surface area contributed by atoms with Gasteiger partial charge in [0.05, 0.1) is 22.4 Å². The van der Waals surface area contributed by atoms with Crippen molar-refractivity contribution in [3.05, 3.63) is 56.9 Å². The van der Waals surface area contributed by atoms with Crippen LogP contribution in [0.5, 0.6) is 0 Å². The number of hydrazine groups is 1. The van der Waals surface area contributed by atoms with E-state index in [0.717, 1.165) is 11.1 Å². The van der Waals surface area contributed by atoms with Crippen molar-refractivity contribution in [2.24, 2.45) is 5.84 Å². The molecule has 0 saturated heterocycles. The molecule has 18 heavy (non-hydrogen) atoms. The second-order valence-electron chi connectivity index (χ2n) is 3.82. The fourth-order valence-electron chi connectivity index (χ4n) is 1.71. The molecule has 0 saturated carbocycles. The van der Waals surface area contributed by atoms with Crippen molar-refractivity contribution in [1.29, 1.82) is 0 Å². The summed E-state index contributed by atoms with van der Waals surface area (Å²) in [6.07, 6.45) is 2.16. The first-order valence-corrected chi connectivity index (χ1v) is 6.38. The molecule has 0 radical (unpaired) electrons. The van der Waals surface area contributed by atoms with E-state index in [1.165, 1.54) is 6.26 Å². The smallest absolute Gasteiger partial charge is 0.197 e. The SMILES string of the molecule is NNC(Cc1ccc(Cl)c(Cl)c1)c1ccoc1Cl. The van der Waals surface area contributed by atoms with Gasteiger partial charge in [0.15, 0.2) is 5.22 Å². The van der Waals surface area contributed by atoms with E-state index in [2.05, 4.69) is 5.43 Å². The van der Waals surface area contributed by atoms with Gasteiger partial charge in [0.1, 0.15) is 0 Å². The van der Waals surface area contributed by atoms with Crippen molar-refractivity contribution < 1.29 is 4.42 Å². The predicted molar refractivity (Wildman–Crippen MR) is 73.9 cm³/mol. The highest BCUT2D eigenvalue weighted by atomic mass is 35.5. The molecule has 6 heteroatoms. The summed E-state index contributed by atoms with van der Waals surface area (Å²) in [6.45, 7) is 0. The Bertz CT molecular complexity index is 542. The second-order valence-corrected chi connectivity index (χ2v) is 4.98. The maximum absolute atomic E-state index is 5.97. The summed E-state index contributed by atoms with van der Waals surface area (Å²) in [5.41, 5.74) is 4.52. The third-order valence-corrected chi connectivity index (χ3v) is 3.69. The molecular formula is C12H11Cl3N2O. The fourth-order valence-corrected chi connectivity index (χ4v) is 2.28. The molecule has 96 valence electrons. The Kier molecular flexibility index (Phi) is 4.54. The highest BCUT2D eigenvalue weighted by molar-refractivity contribution is 6.42. The Balaban J connectivity index is 2.20. The molecule has 2 rings (SSSR count). The van der Waals surface area contributed by atoms with Gasteiger partial charge in [-0.05, 0) is 41.8 Å². The van der Waals surface area contributed by atoms with Gasteiger partial charge in [-0.1, -0.05) is 29.3 Å². The van der Waals surface area contributed by atoms with Crippen LogP contribution in [0.1, 0.15) is 17.2 Å². The predicted octanol–water partition coefficient (Wildman–Crippen LogP) is 3.99. The quantitative estimate of drug-likeness (QED) is 0.663. The number of hydrogen-bond acceptors (Lipinski definition) is 3. The molecule has 0 aliphatic heterocycles. The molecule has 3 nitrogen and oxygen atoms in total. The van der Waals surface area contributed by atoms with Crippen LogP contribution in [0, 0.1) is 0 Å². The van der Waals surface area contributed by atoms with Crippen LogP contribution in [-0.2, 0) is 6.42 Å². The summed E-state index contributed by atoms with van der Waals surface area (Å²) in [6, 6.07) is 7.09. The van der Waals surface area contributed by atoms with E-state index in [4.69, 9.17) is 45.1 Å². The van der Waals surface area contributed by atoms with Gasteiger partial charge in [-0.2, -0.15) is 0 Å². The number of nitrogens with two attached hydrogens (primary N) is 1. The van der Waals surface area contributed by atoms with Gasteiger partial charge in [0.25, 0.3) is 0 Å². The standard InChI is InChI=1S/C12H11Cl3N2O/c13-9-2-1-7(5-10(9)14)6-11(17-16)8-3-4-18-12(8)15/h1-5,11,17H,6,16H2. The summed E-state index contributed by atoms with van der Waals surface area (Å²) in [4.78, 5) is 0.